The molecule has 0 aromatic carbocycles. The summed E-state index contributed by atoms with van der Waals surface area (Å²) < 4.78 is 5.29. The smallest absolute Gasteiger partial charge is 0.243 e. The highest BCUT2D eigenvalue weighted by Gasteiger charge is 2.37. The first-order chi connectivity index (χ1) is 8.70. The third kappa shape index (κ3) is 3.84. The summed E-state index contributed by atoms with van der Waals surface area (Å²) in [5, 5.41) is 2.99. The fraction of sp³-hybridized carbons (Fsp3) is 0.800. The molecule has 2 aliphatic rings. The van der Waals surface area contributed by atoms with E-state index in [-0.39, 0.29) is 5.91 Å². The summed E-state index contributed by atoms with van der Waals surface area (Å²) in [7, 11) is 0. The van der Waals surface area contributed by atoms with Crippen LogP contribution in [0.25, 0.3) is 0 Å². The molecule has 0 spiro atoms. The lowest BCUT2D eigenvalue weighted by Gasteiger charge is -2.08. The largest absolute Gasteiger partial charge is 0.381 e. The Morgan fingerprint density at radius 3 is 3.00 bits per heavy atom. The molecule has 3 heteroatoms. The van der Waals surface area contributed by atoms with Gasteiger partial charge in [0.15, 0.2) is 0 Å². The van der Waals surface area contributed by atoms with Crippen molar-refractivity contribution in [3.05, 3.63) is 11.6 Å². The van der Waals surface area contributed by atoms with Crippen LogP contribution in [0.3, 0.4) is 0 Å². The lowest BCUT2D eigenvalue weighted by atomic mass is 10.1. The number of hydrogen-bond acceptors (Lipinski definition) is 2. The number of rotatable bonds is 6. The first-order valence-corrected chi connectivity index (χ1v) is 7.24. The first-order valence-electron chi connectivity index (χ1n) is 7.24. The molecule has 0 aromatic heterocycles. The molecule has 3 nitrogen and oxygen atoms in total. The van der Waals surface area contributed by atoms with Crippen molar-refractivity contribution >= 4 is 5.91 Å². The minimum atomic E-state index is 0.0709. The van der Waals surface area contributed by atoms with Crippen LogP contribution in [0.2, 0.25) is 0 Å². The number of carbonyl (C=O) groups excluding carboxylic acids is 1. The maximum atomic E-state index is 11.8. The van der Waals surface area contributed by atoms with Gasteiger partial charge in [0.05, 0.1) is 6.61 Å². The molecule has 1 heterocycles. The molecule has 1 saturated carbocycles. The van der Waals surface area contributed by atoms with Crippen molar-refractivity contribution in [1.82, 2.24) is 5.32 Å². The van der Waals surface area contributed by atoms with Crippen LogP contribution < -0.4 is 5.32 Å². The Bertz CT molecular complexity index is 318. The minimum Gasteiger partial charge on any atom is -0.381 e. The molecule has 102 valence electrons. The van der Waals surface area contributed by atoms with Crippen molar-refractivity contribution in [3.8, 4) is 0 Å². The van der Waals surface area contributed by atoms with Gasteiger partial charge >= 0.3 is 0 Å². The normalized spacial score (nSPS) is 31.4. The van der Waals surface area contributed by atoms with Crippen molar-refractivity contribution in [1.29, 1.82) is 0 Å². The molecular formula is C15H25NO2. The first kappa shape index (κ1) is 13.6. The van der Waals surface area contributed by atoms with Crippen LogP contribution in [0, 0.1) is 17.8 Å². The maximum Gasteiger partial charge on any atom is 0.243 e. The number of nitrogens with one attached hydrogen (secondary N) is 1. The summed E-state index contributed by atoms with van der Waals surface area (Å²) in [6.07, 6.45) is 6.71. The Kier molecular flexibility index (Phi) is 4.81. The van der Waals surface area contributed by atoms with Crippen molar-refractivity contribution in [2.24, 2.45) is 17.8 Å². The fourth-order valence-corrected chi connectivity index (χ4v) is 2.85. The van der Waals surface area contributed by atoms with Crippen molar-refractivity contribution in [2.45, 2.75) is 39.5 Å². The van der Waals surface area contributed by atoms with Crippen LogP contribution in [0.4, 0.5) is 0 Å². The van der Waals surface area contributed by atoms with E-state index < -0.39 is 0 Å². The highest BCUT2D eigenvalue weighted by atomic mass is 16.5. The SMILES string of the molecule is CCC[C@@H]1C[C@H]1/C(C)=C/C(=O)NCC1CCOC1. The van der Waals surface area contributed by atoms with E-state index in [1.807, 2.05) is 0 Å². The maximum absolute atomic E-state index is 11.8. The van der Waals surface area contributed by atoms with Crippen molar-refractivity contribution in [2.75, 3.05) is 19.8 Å². The number of hydrogen-bond donors (Lipinski definition) is 1. The van der Waals surface area contributed by atoms with E-state index in [4.69, 9.17) is 4.74 Å². The van der Waals surface area contributed by atoms with Gasteiger partial charge in [0, 0.05) is 25.1 Å². The Balaban J connectivity index is 1.69. The summed E-state index contributed by atoms with van der Waals surface area (Å²) in [6.45, 7) is 6.72. The Morgan fingerprint density at radius 1 is 1.50 bits per heavy atom. The molecule has 0 aromatic rings. The molecule has 1 aliphatic heterocycles. The van der Waals surface area contributed by atoms with Gasteiger partial charge in [-0.25, -0.2) is 0 Å². The molecule has 3 atom stereocenters. The molecule has 1 saturated heterocycles. The van der Waals surface area contributed by atoms with Crippen LogP contribution in [0.5, 0.6) is 0 Å². The molecule has 18 heavy (non-hydrogen) atoms. The van der Waals surface area contributed by atoms with E-state index in [0.717, 1.165) is 32.1 Å². The highest BCUT2D eigenvalue weighted by Crippen LogP contribution is 2.46. The monoisotopic (exact) mass is 251 g/mol. The summed E-state index contributed by atoms with van der Waals surface area (Å²) in [4.78, 5) is 11.8. The summed E-state index contributed by atoms with van der Waals surface area (Å²) >= 11 is 0. The molecule has 2 rings (SSSR count). The Hall–Kier alpha value is -0.830. The summed E-state index contributed by atoms with van der Waals surface area (Å²) in [6, 6.07) is 0. The van der Waals surface area contributed by atoms with Gasteiger partial charge in [-0.15, -0.1) is 0 Å². The summed E-state index contributed by atoms with van der Waals surface area (Å²) in [5.41, 5.74) is 1.26. The topological polar surface area (TPSA) is 38.3 Å². The molecule has 1 N–H and O–H groups in total. The Labute approximate surface area is 110 Å². The molecular weight excluding hydrogens is 226 g/mol. The number of ether oxygens (including phenoxy) is 1. The van der Waals surface area contributed by atoms with Gasteiger partial charge in [-0.1, -0.05) is 25.3 Å². The zero-order chi connectivity index (χ0) is 13.0. The minimum absolute atomic E-state index is 0.0709. The van der Waals surface area contributed by atoms with E-state index in [2.05, 4.69) is 19.2 Å². The lowest BCUT2D eigenvalue weighted by Crippen LogP contribution is -2.28. The number of amides is 1. The molecule has 1 unspecified atom stereocenters. The second-order valence-corrected chi connectivity index (χ2v) is 5.75. The third-order valence-corrected chi connectivity index (χ3v) is 4.11. The van der Waals surface area contributed by atoms with E-state index >= 15 is 0 Å². The zero-order valence-corrected chi connectivity index (χ0v) is 11.6. The standard InChI is InChI=1S/C15H25NO2/c1-3-4-13-8-14(13)11(2)7-15(17)16-9-12-5-6-18-10-12/h7,12-14H,3-6,8-10H2,1-2H3,(H,16,17)/b11-7+/t12?,13-,14+/m1/s1. The fourth-order valence-electron chi connectivity index (χ4n) is 2.85. The van der Waals surface area contributed by atoms with E-state index in [1.54, 1.807) is 6.08 Å². The van der Waals surface area contributed by atoms with Crippen LogP contribution >= 0.6 is 0 Å². The molecule has 1 amide bonds. The zero-order valence-electron chi connectivity index (χ0n) is 11.6. The van der Waals surface area contributed by atoms with Crippen LogP contribution in [0.1, 0.15) is 39.5 Å². The quantitative estimate of drug-likeness (QED) is 0.737. The van der Waals surface area contributed by atoms with E-state index in [1.165, 1.54) is 24.8 Å². The van der Waals surface area contributed by atoms with E-state index in [9.17, 15) is 4.79 Å². The van der Waals surface area contributed by atoms with Gasteiger partial charge in [0.2, 0.25) is 5.91 Å². The average Bonchev–Trinajstić information content (AvgIpc) is 2.91. The Morgan fingerprint density at radius 2 is 2.33 bits per heavy atom. The molecule has 2 fully saturated rings. The van der Waals surface area contributed by atoms with Gasteiger partial charge in [-0.05, 0) is 31.6 Å². The predicted molar refractivity (Wildman–Crippen MR) is 72.2 cm³/mol. The van der Waals surface area contributed by atoms with Crippen LogP contribution in [-0.2, 0) is 9.53 Å². The van der Waals surface area contributed by atoms with Gasteiger partial charge in [0.25, 0.3) is 0 Å². The van der Waals surface area contributed by atoms with Gasteiger partial charge in [-0.2, -0.15) is 0 Å². The predicted octanol–water partition coefficient (Wildman–Crippen LogP) is 2.52. The lowest BCUT2D eigenvalue weighted by molar-refractivity contribution is -0.116. The molecule has 0 bridgehead atoms. The second kappa shape index (κ2) is 6.37. The molecule has 0 radical (unpaired) electrons. The number of allylic oxidation sites excluding steroid dienone is 1. The van der Waals surface area contributed by atoms with Gasteiger partial charge in [0.1, 0.15) is 0 Å². The molecule has 1 aliphatic carbocycles. The van der Waals surface area contributed by atoms with Gasteiger partial charge < -0.3 is 10.1 Å². The van der Waals surface area contributed by atoms with Crippen molar-refractivity contribution in [3.63, 3.8) is 0 Å². The van der Waals surface area contributed by atoms with Crippen molar-refractivity contribution < 1.29 is 9.53 Å². The van der Waals surface area contributed by atoms with Gasteiger partial charge in [-0.3, -0.25) is 4.79 Å². The van der Waals surface area contributed by atoms with Crippen LogP contribution in [0.15, 0.2) is 11.6 Å². The highest BCUT2D eigenvalue weighted by molar-refractivity contribution is 5.88. The number of carbonyl (C=O) groups is 1. The van der Waals surface area contributed by atoms with E-state index in [0.29, 0.717) is 11.8 Å². The average molecular weight is 251 g/mol. The third-order valence-electron chi connectivity index (χ3n) is 4.11. The summed E-state index contributed by atoms with van der Waals surface area (Å²) in [5.74, 6) is 2.09. The van der Waals surface area contributed by atoms with Crippen LogP contribution in [-0.4, -0.2) is 25.7 Å². The second-order valence-electron chi connectivity index (χ2n) is 5.75.